The number of halogens is 1. The van der Waals surface area contributed by atoms with E-state index in [9.17, 15) is 0 Å². The number of ether oxygens (including phenoxy) is 1. The predicted molar refractivity (Wildman–Crippen MR) is 87.2 cm³/mol. The normalized spacial score (nSPS) is 10.6. The Labute approximate surface area is 134 Å². The molecule has 1 aromatic carbocycles. The van der Waals surface area contributed by atoms with Gasteiger partial charge in [0.25, 0.3) is 0 Å². The molecule has 0 bridgehead atoms. The van der Waals surface area contributed by atoms with Crippen molar-refractivity contribution in [1.82, 2.24) is 15.3 Å². The predicted octanol–water partition coefficient (Wildman–Crippen LogP) is 3.63. The molecule has 2 rings (SSSR count). The number of nitrogens with one attached hydrogen (secondary N) is 1. The second-order valence-electron chi connectivity index (χ2n) is 4.82. The number of hydrogen-bond donors (Lipinski definition) is 1. The summed E-state index contributed by atoms with van der Waals surface area (Å²) in [6.45, 7) is 6.38. The Balaban J connectivity index is 1.95. The Morgan fingerprint density at radius 2 is 2.05 bits per heavy atom. The fraction of sp³-hybridized carbons (Fsp3) is 0.375. The van der Waals surface area contributed by atoms with Crippen LogP contribution in [0.4, 0.5) is 0 Å². The Bertz CT molecular complexity index is 589. The first-order chi connectivity index (χ1) is 10.2. The SMILES string of the molecule is CCCNCc1cnc(OCc2ccccc2Br)nc1C. The molecule has 21 heavy (non-hydrogen) atoms. The van der Waals surface area contributed by atoms with Gasteiger partial charge in [0.15, 0.2) is 0 Å². The summed E-state index contributed by atoms with van der Waals surface area (Å²) >= 11 is 3.50. The van der Waals surface area contributed by atoms with Crippen LogP contribution in [0, 0.1) is 6.92 Å². The Hall–Kier alpha value is -1.46. The highest BCUT2D eigenvalue weighted by molar-refractivity contribution is 9.10. The van der Waals surface area contributed by atoms with Crippen LogP contribution < -0.4 is 10.1 Å². The molecule has 0 amide bonds. The van der Waals surface area contributed by atoms with Crippen molar-refractivity contribution >= 4 is 15.9 Å². The lowest BCUT2D eigenvalue weighted by molar-refractivity contribution is 0.279. The highest BCUT2D eigenvalue weighted by Gasteiger charge is 2.05. The third-order valence-corrected chi connectivity index (χ3v) is 3.89. The van der Waals surface area contributed by atoms with Crippen LogP contribution in [0.3, 0.4) is 0 Å². The fourth-order valence-corrected chi connectivity index (χ4v) is 2.27. The number of nitrogens with zero attached hydrogens (tertiary/aromatic N) is 2. The Kier molecular flexibility index (Phi) is 6.14. The van der Waals surface area contributed by atoms with E-state index < -0.39 is 0 Å². The number of rotatable bonds is 7. The molecule has 0 saturated carbocycles. The van der Waals surface area contributed by atoms with Gasteiger partial charge in [0.05, 0.1) is 0 Å². The first-order valence-corrected chi connectivity index (χ1v) is 7.89. The van der Waals surface area contributed by atoms with Gasteiger partial charge in [0.2, 0.25) is 0 Å². The molecule has 0 atom stereocenters. The third kappa shape index (κ3) is 4.79. The van der Waals surface area contributed by atoms with Gasteiger partial charge >= 0.3 is 6.01 Å². The van der Waals surface area contributed by atoms with Crippen molar-refractivity contribution in [3.8, 4) is 6.01 Å². The molecule has 112 valence electrons. The fourth-order valence-electron chi connectivity index (χ4n) is 1.87. The lowest BCUT2D eigenvalue weighted by Crippen LogP contribution is -2.15. The molecule has 1 heterocycles. The van der Waals surface area contributed by atoms with Crippen LogP contribution in [0.1, 0.15) is 30.2 Å². The number of aryl methyl sites for hydroxylation is 1. The molecule has 2 aromatic rings. The molecule has 0 unspecified atom stereocenters. The third-order valence-electron chi connectivity index (χ3n) is 3.12. The largest absolute Gasteiger partial charge is 0.459 e. The van der Waals surface area contributed by atoms with Crippen molar-refractivity contribution in [3.05, 3.63) is 51.8 Å². The first kappa shape index (κ1) is 15.9. The molecular formula is C16H20BrN3O. The van der Waals surface area contributed by atoms with Gasteiger partial charge in [-0.3, -0.25) is 0 Å². The van der Waals surface area contributed by atoms with Gasteiger partial charge in [0.1, 0.15) is 6.61 Å². The standard InChI is InChI=1S/C16H20BrN3O/c1-3-8-18-9-14-10-19-16(20-12(14)2)21-11-13-6-4-5-7-15(13)17/h4-7,10,18H,3,8-9,11H2,1-2H3. The van der Waals surface area contributed by atoms with E-state index >= 15 is 0 Å². The molecule has 0 saturated heterocycles. The maximum Gasteiger partial charge on any atom is 0.316 e. The minimum Gasteiger partial charge on any atom is -0.459 e. The quantitative estimate of drug-likeness (QED) is 0.775. The lowest BCUT2D eigenvalue weighted by atomic mass is 10.2. The van der Waals surface area contributed by atoms with Crippen LogP contribution in [0.2, 0.25) is 0 Å². The van der Waals surface area contributed by atoms with E-state index in [0.29, 0.717) is 12.6 Å². The molecule has 1 aromatic heterocycles. The van der Waals surface area contributed by atoms with Crippen LogP contribution >= 0.6 is 15.9 Å². The molecule has 0 aliphatic heterocycles. The van der Waals surface area contributed by atoms with Gasteiger partial charge in [0, 0.05) is 34.0 Å². The molecule has 5 heteroatoms. The number of benzene rings is 1. The van der Waals surface area contributed by atoms with Crippen LogP contribution in [-0.2, 0) is 13.2 Å². The molecule has 0 aliphatic carbocycles. The summed E-state index contributed by atoms with van der Waals surface area (Å²) in [7, 11) is 0. The molecule has 1 N–H and O–H groups in total. The monoisotopic (exact) mass is 349 g/mol. The van der Waals surface area contributed by atoms with Gasteiger partial charge in [-0.05, 0) is 26.0 Å². The maximum atomic E-state index is 5.66. The van der Waals surface area contributed by atoms with Crippen LogP contribution in [0.15, 0.2) is 34.9 Å². The van der Waals surface area contributed by atoms with Gasteiger partial charge in [-0.15, -0.1) is 0 Å². The van der Waals surface area contributed by atoms with Gasteiger partial charge in [-0.2, -0.15) is 0 Å². The smallest absolute Gasteiger partial charge is 0.316 e. The average molecular weight is 350 g/mol. The number of hydrogen-bond acceptors (Lipinski definition) is 4. The summed E-state index contributed by atoms with van der Waals surface area (Å²) in [6, 6.07) is 8.39. The summed E-state index contributed by atoms with van der Waals surface area (Å²) in [5, 5.41) is 3.35. The molecule has 0 spiro atoms. The summed E-state index contributed by atoms with van der Waals surface area (Å²) in [5.41, 5.74) is 3.14. The first-order valence-electron chi connectivity index (χ1n) is 7.10. The van der Waals surface area contributed by atoms with E-state index in [0.717, 1.165) is 40.8 Å². The van der Waals surface area contributed by atoms with Gasteiger partial charge in [-0.25, -0.2) is 9.97 Å². The van der Waals surface area contributed by atoms with Crippen LogP contribution in [-0.4, -0.2) is 16.5 Å². The van der Waals surface area contributed by atoms with Crippen molar-refractivity contribution in [1.29, 1.82) is 0 Å². The van der Waals surface area contributed by atoms with Gasteiger partial charge in [-0.1, -0.05) is 41.1 Å². The second kappa shape index (κ2) is 8.10. The van der Waals surface area contributed by atoms with E-state index in [1.54, 1.807) is 0 Å². The highest BCUT2D eigenvalue weighted by Crippen LogP contribution is 2.17. The molecule has 4 nitrogen and oxygen atoms in total. The number of aromatic nitrogens is 2. The summed E-state index contributed by atoms with van der Waals surface area (Å²) in [6.07, 6.45) is 2.95. The summed E-state index contributed by atoms with van der Waals surface area (Å²) in [4.78, 5) is 8.68. The molecule has 0 fully saturated rings. The van der Waals surface area contributed by atoms with Crippen molar-refractivity contribution < 1.29 is 4.74 Å². The van der Waals surface area contributed by atoms with Gasteiger partial charge < -0.3 is 10.1 Å². The zero-order valence-electron chi connectivity index (χ0n) is 12.4. The minimum absolute atomic E-state index is 0.419. The van der Waals surface area contributed by atoms with E-state index in [-0.39, 0.29) is 0 Å². The van der Waals surface area contributed by atoms with E-state index in [1.807, 2.05) is 37.4 Å². The molecule has 0 radical (unpaired) electrons. The van der Waals surface area contributed by atoms with Crippen molar-refractivity contribution in [2.24, 2.45) is 0 Å². The maximum absolute atomic E-state index is 5.66. The lowest BCUT2D eigenvalue weighted by Gasteiger charge is -2.09. The van der Waals surface area contributed by atoms with Crippen molar-refractivity contribution in [2.75, 3.05) is 6.54 Å². The summed E-state index contributed by atoms with van der Waals surface area (Å²) < 4.78 is 6.69. The topological polar surface area (TPSA) is 47.0 Å². The average Bonchev–Trinajstić information content (AvgIpc) is 2.49. The van der Waals surface area contributed by atoms with Crippen molar-refractivity contribution in [2.45, 2.75) is 33.4 Å². The zero-order chi connectivity index (χ0) is 15.1. The Morgan fingerprint density at radius 1 is 1.24 bits per heavy atom. The van der Waals surface area contributed by atoms with Crippen molar-refractivity contribution in [3.63, 3.8) is 0 Å². The van der Waals surface area contributed by atoms with E-state index in [1.165, 1.54) is 0 Å². The Morgan fingerprint density at radius 3 is 2.76 bits per heavy atom. The van der Waals surface area contributed by atoms with Crippen LogP contribution in [0.5, 0.6) is 6.01 Å². The minimum atomic E-state index is 0.419. The molecular weight excluding hydrogens is 330 g/mol. The second-order valence-corrected chi connectivity index (χ2v) is 5.67. The van der Waals surface area contributed by atoms with E-state index in [4.69, 9.17) is 4.74 Å². The summed E-state index contributed by atoms with van der Waals surface area (Å²) in [5.74, 6) is 0. The zero-order valence-corrected chi connectivity index (χ0v) is 14.0. The van der Waals surface area contributed by atoms with Crippen LogP contribution in [0.25, 0.3) is 0 Å². The van der Waals surface area contributed by atoms with E-state index in [2.05, 4.69) is 38.1 Å². The highest BCUT2D eigenvalue weighted by atomic mass is 79.9. The molecule has 0 aliphatic rings.